The summed E-state index contributed by atoms with van der Waals surface area (Å²) in [7, 11) is 1.43. The molecular weight excluding hydrogens is 204 g/mol. The molecule has 15 heavy (non-hydrogen) atoms. The van der Waals surface area contributed by atoms with Crippen molar-refractivity contribution in [2.75, 3.05) is 14.2 Å². The molecule has 3 heteroatoms. The lowest BCUT2D eigenvalue weighted by atomic mass is 10.1. The Morgan fingerprint density at radius 1 is 1.20 bits per heavy atom. The Labute approximate surface area is 93.5 Å². The highest BCUT2D eigenvalue weighted by Crippen LogP contribution is 2.16. The van der Waals surface area contributed by atoms with E-state index in [1.54, 1.807) is 14.2 Å². The van der Waals surface area contributed by atoms with Crippen LogP contribution in [0.2, 0.25) is 6.55 Å². The van der Waals surface area contributed by atoms with Gasteiger partial charge in [0.15, 0.2) is 0 Å². The third kappa shape index (κ3) is 4.16. The summed E-state index contributed by atoms with van der Waals surface area (Å²) < 4.78 is 10.7. The highest BCUT2D eigenvalue weighted by molar-refractivity contribution is 6.71. The van der Waals surface area contributed by atoms with Gasteiger partial charge in [-0.15, -0.1) is 0 Å². The van der Waals surface area contributed by atoms with E-state index in [2.05, 4.69) is 36.1 Å². The Morgan fingerprint density at radius 2 is 1.80 bits per heavy atom. The van der Waals surface area contributed by atoms with Gasteiger partial charge in [0, 0.05) is 14.2 Å². The smallest absolute Gasteiger partial charge is 0.360 e. The molecule has 0 spiro atoms. The second-order valence-electron chi connectivity index (χ2n) is 3.84. The monoisotopic (exact) mass is 224 g/mol. The van der Waals surface area contributed by atoms with Gasteiger partial charge in [0.25, 0.3) is 0 Å². The van der Waals surface area contributed by atoms with Crippen molar-refractivity contribution in [2.24, 2.45) is 5.92 Å². The lowest BCUT2D eigenvalue weighted by Gasteiger charge is -2.18. The molecule has 0 heterocycles. The van der Waals surface area contributed by atoms with Crippen molar-refractivity contribution in [3.05, 3.63) is 36.1 Å². The maximum absolute atomic E-state index is 5.36. The van der Waals surface area contributed by atoms with Gasteiger partial charge >= 0.3 is 8.56 Å². The molecule has 0 fully saturated rings. The van der Waals surface area contributed by atoms with E-state index in [1.165, 1.54) is 6.42 Å². The highest BCUT2D eigenvalue weighted by Gasteiger charge is 2.24. The van der Waals surface area contributed by atoms with Crippen LogP contribution in [0.1, 0.15) is 12.8 Å². The predicted octanol–water partition coefficient (Wildman–Crippen LogP) is 2.97. The van der Waals surface area contributed by atoms with Gasteiger partial charge in [0.1, 0.15) is 0 Å². The number of allylic oxidation sites excluding steroid dienone is 5. The lowest BCUT2D eigenvalue weighted by Crippen LogP contribution is -2.33. The van der Waals surface area contributed by atoms with Gasteiger partial charge in [-0.2, -0.15) is 0 Å². The predicted molar refractivity (Wildman–Crippen MR) is 65.8 cm³/mol. The molecule has 0 aromatic rings. The van der Waals surface area contributed by atoms with E-state index in [0.29, 0.717) is 5.92 Å². The van der Waals surface area contributed by atoms with Gasteiger partial charge < -0.3 is 8.85 Å². The third-order valence-corrected chi connectivity index (χ3v) is 5.19. The van der Waals surface area contributed by atoms with E-state index in [0.717, 1.165) is 6.42 Å². The average Bonchev–Trinajstić information content (AvgIpc) is 2.77. The number of rotatable bonds is 6. The molecule has 0 aliphatic heterocycles. The molecule has 0 bridgehead atoms. The SMILES string of the molecule is CO[Si](C)(/C=C\CCC1C=CC=C1)OC. The minimum atomic E-state index is -1.99. The van der Waals surface area contributed by atoms with Gasteiger partial charge in [-0.1, -0.05) is 30.4 Å². The Kier molecular flexibility index (Phi) is 5.01. The quantitative estimate of drug-likeness (QED) is 0.646. The Morgan fingerprint density at radius 3 is 2.33 bits per heavy atom. The van der Waals surface area contributed by atoms with Gasteiger partial charge in [-0.25, -0.2) is 0 Å². The fourth-order valence-electron chi connectivity index (χ4n) is 1.48. The van der Waals surface area contributed by atoms with Crippen molar-refractivity contribution in [1.82, 2.24) is 0 Å². The highest BCUT2D eigenvalue weighted by atomic mass is 28.4. The van der Waals surface area contributed by atoms with Crippen molar-refractivity contribution in [3.8, 4) is 0 Å². The topological polar surface area (TPSA) is 18.5 Å². The molecule has 0 unspecified atom stereocenters. The van der Waals surface area contributed by atoms with Crippen molar-refractivity contribution in [2.45, 2.75) is 19.4 Å². The minimum absolute atomic E-state index is 0.618. The molecule has 1 aliphatic rings. The van der Waals surface area contributed by atoms with Gasteiger partial charge in [-0.3, -0.25) is 0 Å². The fraction of sp³-hybridized carbons (Fsp3) is 0.500. The van der Waals surface area contributed by atoms with E-state index in [-0.39, 0.29) is 0 Å². The number of hydrogen-bond donors (Lipinski definition) is 0. The zero-order valence-corrected chi connectivity index (χ0v) is 10.8. The van der Waals surface area contributed by atoms with Crippen molar-refractivity contribution in [1.29, 1.82) is 0 Å². The van der Waals surface area contributed by atoms with Crippen LogP contribution >= 0.6 is 0 Å². The first-order valence-electron chi connectivity index (χ1n) is 5.33. The molecule has 0 radical (unpaired) electrons. The van der Waals surface area contributed by atoms with E-state index in [1.807, 2.05) is 6.55 Å². The van der Waals surface area contributed by atoms with E-state index in [9.17, 15) is 0 Å². The summed E-state index contributed by atoms with van der Waals surface area (Å²) in [4.78, 5) is 0. The summed E-state index contributed by atoms with van der Waals surface area (Å²) in [5, 5.41) is 0. The van der Waals surface area contributed by atoms with Crippen LogP contribution in [0.25, 0.3) is 0 Å². The Balaban J connectivity index is 2.26. The second kappa shape index (κ2) is 6.05. The molecule has 1 aliphatic carbocycles. The largest absolute Gasteiger partial charge is 0.395 e. The van der Waals surface area contributed by atoms with Crippen LogP contribution in [0, 0.1) is 5.92 Å². The molecule has 0 atom stereocenters. The molecular formula is C12H20O2Si. The summed E-state index contributed by atoms with van der Waals surface area (Å²) in [6, 6.07) is 0. The summed E-state index contributed by atoms with van der Waals surface area (Å²) in [5.74, 6) is 0.618. The summed E-state index contributed by atoms with van der Waals surface area (Å²) >= 11 is 0. The van der Waals surface area contributed by atoms with Crippen LogP contribution < -0.4 is 0 Å². The van der Waals surface area contributed by atoms with Crippen molar-refractivity contribution < 1.29 is 8.85 Å². The van der Waals surface area contributed by atoms with Crippen LogP contribution in [-0.4, -0.2) is 22.8 Å². The molecule has 0 aromatic carbocycles. The Bertz CT molecular complexity index is 253. The third-order valence-electron chi connectivity index (χ3n) is 2.73. The first-order chi connectivity index (χ1) is 7.20. The molecule has 84 valence electrons. The lowest BCUT2D eigenvalue weighted by molar-refractivity contribution is 0.264. The zero-order chi connectivity index (χ0) is 11.1. The maximum atomic E-state index is 5.36. The van der Waals surface area contributed by atoms with Gasteiger partial charge in [0.2, 0.25) is 0 Å². The van der Waals surface area contributed by atoms with Crippen molar-refractivity contribution >= 4 is 8.56 Å². The Hall–Kier alpha value is -0.643. The van der Waals surface area contributed by atoms with E-state index in [4.69, 9.17) is 8.85 Å². The van der Waals surface area contributed by atoms with Crippen LogP contribution in [0.15, 0.2) is 36.1 Å². The second-order valence-corrected chi connectivity index (χ2v) is 7.02. The van der Waals surface area contributed by atoms with E-state index < -0.39 is 8.56 Å². The molecule has 0 amide bonds. The minimum Gasteiger partial charge on any atom is -0.395 e. The molecule has 0 aromatic heterocycles. The first-order valence-corrected chi connectivity index (χ1v) is 7.72. The summed E-state index contributed by atoms with van der Waals surface area (Å²) in [6.45, 7) is 2.04. The van der Waals surface area contributed by atoms with Crippen LogP contribution in [0.3, 0.4) is 0 Å². The van der Waals surface area contributed by atoms with Gasteiger partial charge in [0.05, 0.1) is 0 Å². The van der Waals surface area contributed by atoms with Gasteiger partial charge in [-0.05, 0) is 31.0 Å². The number of hydrogen-bond acceptors (Lipinski definition) is 2. The summed E-state index contributed by atoms with van der Waals surface area (Å²) in [6.07, 6.45) is 13.1. The standard InChI is InChI=1S/C12H20O2Si/c1-13-15(3,14-2)11-7-6-10-12-8-4-5-9-12/h4-5,7-9,11-12H,6,10H2,1-3H3/b11-7-. The van der Waals surface area contributed by atoms with Crippen LogP contribution in [0.5, 0.6) is 0 Å². The first kappa shape index (κ1) is 12.4. The summed E-state index contributed by atoms with van der Waals surface area (Å²) in [5.41, 5.74) is 2.11. The van der Waals surface area contributed by atoms with Crippen LogP contribution in [-0.2, 0) is 8.85 Å². The maximum Gasteiger partial charge on any atom is 0.360 e. The molecule has 0 N–H and O–H groups in total. The van der Waals surface area contributed by atoms with Crippen LogP contribution in [0.4, 0.5) is 0 Å². The van der Waals surface area contributed by atoms with E-state index >= 15 is 0 Å². The zero-order valence-electron chi connectivity index (χ0n) is 9.77. The normalized spacial score (nSPS) is 17.0. The van der Waals surface area contributed by atoms with Crippen molar-refractivity contribution in [3.63, 3.8) is 0 Å². The molecule has 0 saturated carbocycles. The fourth-order valence-corrected chi connectivity index (χ4v) is 2.51. The average molecular weight is 224 g/mol. The molecule has 1 rings (SSSR count). The molecule has 2 nitrogen and oxygen atoms in total. The molecule has 0 saturated heterocycles.